The lowest BCUT2D eigenvalue weighted by Gasteiger charge is -2.00. The van der Waals surface area contributed by atoms with Gasteiger partial charge in [-0.15, -0.1) is 0 Å². The van der Waals surface area contributed by atoms with Gasteiger partial charge in [0.25, 0.3) is 6.01 Å². The van der Waals surface area contributed by atoms with Crippen molar-refractivity contribution in [2.45, 2.75) is 0 Å². The van der Waals surface area contributed by atoms with Crippen molar-refractivity contribution < 1.29 is 9.52 Å². The Hall–Kier alpha value is -2.20. The van der Waals surface area contributed by atoms with E-state index in [-0.39, 0.29) is 5.75 Å². The zero-order valence-electron chi connectivity index (χ0n) is 9.22. The monoisotopic (exact) mass is 260 g/mol. The van der Waals surface area contributed by atoms with E-state index in [0.717, 1.165) is 5.69 Å². The summed E-state index contributed by atoms with van der Waals surface area (Å²) in [6, 6.07) is 12.4. The Morgan fingerprint density at radius 2 is 1.89 bits per heavy atom. The number of hydrogen-bond acceptors (Lipinski definition) is 4. The maximum Gasteiger partial charge on any atom is 0.300 e. The average molecular weight is 261 g/mol. The fourth-order valence-electron chi connectivity index (χ4n) is 1.62. The predicted octanol–water partition coefficient (Wildman–Crippen LogP) is 3.93. The third-order valence-electron chi connectivity index (χ3n) is 2.47. The number of oxazole rings is 1. The molecule has 2 aromatic carbocycles. The highest BCUT2D eigenvalue weighted by atomic mass is 35.5. The Labute approximate surface area is 108 Å². The van der Waals surface area contributed by atoms with Gasteiger partial charge in [-0.3, -0.25) is 0 Å². The number of hydrogen-bond donors (Lipinski definition) is 2. The van der Waals surface area contributed by atoms with Gasteiger partial charge in [0.1, 0.15) is 11.3 Å². The van der Waals surface area contributed by atoms with E-state index in [1.165, 1.54) is 6.07 Å². The van der Waals surface area contributed by atoms with E-state index in [2.05, 4.69) is 10.3 Å². The van der Waals surface area contributed by atoms with Crippen LogP contribution in [-0.2, 0) is 0 Å². The van der Waals surface area contributed by atoms with Gasteiger partial charge < -0.3 is 14.8 Å². The fourth-order valence-corrected chi connectivity index (χ4v) is 1.75. The third-order valence-corrected chi connectivity index (χ3v) is 2.72. The lowest BCUT2D eigenvalue weighted by molar-refractivity contribution is 0.474. The quantitative estimate of drug-likeness (QED) is 0.733. The van der Waals surface area contributed by atoms with Crippen molar-refractivity contribution in [3.63, 3.8) is 0 Å². The molecule has 0 radical (unpaired) electrons. The van der Waals surface area contributed by atoms with Crippen molar-refractivity contribution >= 4 is 34.4 Å². The van der Waals surface area contributed by atoms with Crippen LogP contribution < -0.4 is 5.32 Å². The Kier molecular flexibility index (Phi) is 2.57. The van der Waals surface area contributed by atoms with E-state index in [1.807, 2.05) is 12.1 Å². The molecule has 3 aromatic rings. The minimum absolute atomic E-state index is 0.150. The van der Waals surface area contributed by atoms with Gasteiger partial charge in [0, 0.05) is 16.8 Å². The molecule has 0 amide bonds. The van der Waals surface area contributed by atoms with Gasteiger partial charge in [-0.05, 0) is 36.4 Å². The number of phenols is 1. The summed E-state index contributed by atoms with van der Waals surface area (Å²) in [6.45, 7) is 0. The van der Waals surface area contributed by atoms with Crippen LogP contribution in [0.15, 0.2) is 46.9 Å². The first-order valence-corrected chi connectivity index (χ1v) is 5.71. The number of fused-ring (bicyclic) bond motifs is 1. The van der Waals surface area contributed by atoms with Gasteiger partial charge in [0.05, 0.1) is 0 Å². The van der Waals surface area contributed by atoms with Crippen molar-refractivity contribution in [3.05, 3.63) is 47.5 Å². The number of phenolic OH excluding ortho intramolecular Hbond substituents is 1. The molecule has 0 saturated heterocycles. The maximum absolute atomic E-state index is 9.34. The van der Waals surface area contributed by atoms with E-state index in [4.69, 9.17) is 16.0 Å². The molecule has 1 heterocycles. The second-order valence-electron chi connectivity index (χ2n) is 3.80. The van der Waals surface area contributed by atoms with Crippen LogP contribution in [0.25, 0.3) is 11.1 Å². The van der Waals surface area contributed by atoms with Crippen LogP contribution in [0.5, 0.6) is 5.75 Å². The highest BCUT2D eigenvalue weighted by Crippen LogP contribution is 2.25. The van der Waals surface area contributed by atoms with Crippen molar-refractivity contribution in [1.29, 1.82) is 0 Å². The first kappa shape index (κ1) is 10.9. The average Bonchev–Trinajstić information content (AvgIpc) is 2.73. The molecule has 0 spiro atoms. The summed E-state index contributed by atoms with van der Waals surface area (Å²) in [5, 5.41) is 13.0. The van der Waals surface area contributed by atoms with Crippen LogP contribution in [0.3, 0.4) is 0 Å². The number of nitrogens with one attached hydrogen (secondary N) is 1. The summed E-state index contributed by atoms with van der Waals surface area (Å²) in [6.07, 6.45) is 0. The first-order valence-electron chi connectivity index (χ1n) is 5.33. The summed E-state index contributed by atoms with van der Waals surface area (Å²) in [4.78, 5) is 4.25. The van der Waals surface area contributed by atoms with E-state index in [9.17, 15) is 5.11 Å². The molecular formula is C13H9ClN2O2. The summed E-state index contributed by atoms with van der Waals surface area (Å²) < 4.78 is 5.47. The first-order chi connectivity index (χ1) is 8.70. The minimum atomic E-state index is 0.150. The molecule has 0 aliphatic carbocycles. The molecular weight excluding hydrogens is 252 g/mol. The highest BCUT2D eigenvalue weighted by molar-refractivity contribution is 6.30. The summed E-state index contributed by atoms with van der Waals surface area (Å²) >= 11 is 5.80. The highest BCUT2D eigenvalue weighted by Gasteiger charge is 2.06. The van der Waals surface area contributed by atoms with Crippen LogP contribution in [0.2, 0.25) is 5.02 Å². The van der Waals surface area contributed by atoms with E-state index in [1.54, 1.807) is 24.3 Å². The van der Waals surface area contributed by atoms with Crippen molar-refractivity contribution in [2.75, 3.05) is 5.32 Å². The lowest BCUT2D eigenvalue weighted by Crippen LogP contribution is -1.88. The molecule has 5 heteroatoms. The number of rotatable bonds is 2. The molecule has 0 aliphatic heterocycles. The van der Waals surface area contributed by atoms with Crippen molar-refractivity contribution in [2.24, 2.45) is 0 Å². The molecule has 0 bridgehead atoms. The van der Waals surface area contributed by atoms with Crippen LogP contribution >= 0.6 is 11.6 Å². The van der Waals surface area contributed by atoms with E-state index in [0.29, 0.717) is 22.1 Å². The zero-order valence-corrected chi connectivity index (χ0v) is 9.98. The number of halogens is 1. The summed E-state index contributed by atoms with van der Waals surface area (Å²) in [7, 11) is 0. The van der Waals surface area contributed by atoms with Crippen molar-refractivity contribution in [3.8, 4) is 5.75 Å². The molecule has 2 N–H and O–H groups in total. The third kappa shape index (κ3) is 2.10. The molecule has 90 valence electrons. The number of anilines is 2. The standard InChI is InChI=1S/C13H9ClN2O2/c14-8-1-3-9(4-2-8)15-13-16-11-6-5-10(17)7-12(11)18-13/h1-7,17H,(H,15,16). The van der Waals surface area contributed by atoms with Gasteiger partial charge in [0.15, 0.2) is 5.58 Å². The number of nitrogens with zero attached hydrogens (tertiary/aromatic N) is 1. The second kappa shape index (κ2) is 4.23. The normalized spacial score (nSPS) is 10.7. The Morgan fingerprint density at radius 1 is 1.11 bits per heavy atom. The van der Waals surface area contributed by atoms with Crippen LogP contribution in [0, 0.1) is 0 Å². The molecule has 0 atom stereocenters. The van der Waals surface area contributed by atoms with Gasteiger partial charge in [-0.25, -0.2) is 0 Å². The van der Waals surface area contributed by atoms with Crippen molar-refractivity contribution in [1.82, 2.24) is 4.98 Å². The molecule has 0 unspecified atom stereocenters. The van der Waals surface area contributed by atoms with Crippen LogP contribution in [0.1, 0.15) is 0 Å². The Bertz CT molecular complexity index is 692. The molecule has 0 saturated carbocycles. The lowest BCUT2D eigenvalue weighted by atomic mass is 10.3. The van der Waals surface area contributed by atoms with Gasteiger partial charge in [0.2, 0.25) is 0 Å². The number of benzene rings is 2. The molecule has 0 aliphatic rings. The summed E-state index contributed by atoms with van der Waals surface area (Å²) in [5.41, 5.74) is 2.05. The van der Waals surface area contributed by atoms with Gasteiger partial charge in [-0.2, -0.15) is 4.98 Å². The molecule has 4 nitrogen and oxygen atoms in total. The largest absolute Gasteiger partial charge is 0.508 e. The van der Waals surface area contributed by atoms with Gasteiger partial charge in [-0.1, -0.05) is 11.6 Å². The molecule has 0 fully saturated rings. The fraction of sp³-hybridized carbons (Fsp3) is 0. The minimum Gasteiger partial charge on any atom is -0.508 e. The maximum atomic E-state index is 9.34. The Morgan fingerprint density at radius 3 is 2.67 bits per heavy atom. The summed E-state index contributed by atoms with van der Waals surface area (Å²) in [5.74, 6) is 0.150. The van der Waals surface area contributed by atoms with Crippen LogP contribution in [-0.4, -0.2) is 10.1 Å². The zero-order chi connectivity index (χ0) is 12.5. The second-order valence-corrected chi connectivity index (χ2v) is 4.24. The van der Waals surface area contributed by atoms with E-state index >= 15 is 0 Å². The van der Waals surface area contributed by atoms with Crippen LogP contribution in [0.4, 0.5) is 11.7 Å². The van der Waals surface area contributed by atoms with Gasteiger partial charge >= 0.3 is 0 Å². The van der Waals surface area contributed by atoms with E-state index < -0.39 is 0 Å². The molecule has 1 aromatic heterocycles. The molecule has 18 heavy (non-hydrogen) atoms. The SMILES string of the molecule is Oc1ccc2nc(Nc3ccc(Cl)cc3)oc2c1. The predicted molar refractivity (Wildman–Crippen MR) is 70.4 cm³/mol. The number of aromatic nitrogens is 1. The number of aromatic hydroxyl groups is 1. The molecule has 3 rings (SSSR count). The topological polar surface area (TPSA) is 58.3 Å². The smallest absolute Gasteiger partial charge is 0.300 e. The Balaban J connectivity index is 1.92.